The standard InChI is InChI=1S/C21H41N5O/c1-4-22-21(23-14-9-10-15-25(5-2)6-3)24-19-13-16-26(17-19)20(27)18-11-7-8-12-18/h18-19H,4-17H2,1-3H3,(H2,22,23,24). The number of aliphatic imine (C=N–C) groups is 1. The molecule has 6 nitrogen and oxygen atoms in total. The van der Waals surface area contributed by atoms with Gasteiger partial charge in [0.2, 0.25) is 5.91 Å². The maximum Gasteiger partial charge on any atom is 0.225 e. The summed E-state index contributed by atoms with van der Waals surface area (Å²) in [4.78, 5) is 21.9. The van der Waals surface area contributed by atoms with Crippen LogP contribution in [-0.4, -0.2) is 73.5 Å². The van der Waals surface area contributed by atoms with E-state index in [0.717, 1.165) is 77.5 Å². The van der Waals surface area contributed by atoms with Crippen LogP contribution in [0.4, 0.5) is 0 Å². The molecule has 27 heavy (non-hydrogen) atoms. The molecule has 1 aliphatic carbocycles. The third-order valence-corrected chi connectivity index (χ3v) is 5.94. The van der Waals surface area contributed by atoms with Crippen LogP contribution >= 0.6 is 0 Å². The van der Waals surface area contributed by atoms with E-state index in [1.807, 2.05) is 0 Å². The van der Waals surface area contributed by atoms with Gasteiger partial charge in [0.05, 0.1) is 0 Å². The number of hydrogen-bond donors (Lipinski definition) is 2. The largest absolute Gasteiger partial charge is 0.357 e. The van der Waals surface area contributed by atoms with Gasteiger partial charge >= 0.3 is 0 Å². The molecule has 2 rings (SSSR count). The van der Waals surface area contributed by atoms with Crippen molar-refractivity contribution in [1.82, 2.24) is 20.4 Å². The molecular weight excluding hydrogens is 338 g/mol. The molecule has 1 aliphatic heterocycles. The first-order valence-corrected chi connectivity index (χ1v) is 11.2. The first-order valence-electron chi connectivity index (χ1n) is 11.2. The molecule has 2 fully saturated rings. The number of nitrogens with one attached hydrogen (secondary N) is 2. The number of nitrogens with zero attached hydrogens (tertiary/aromatic N) is 3. The summed E-state index contributed by atoms with van der Waals surface area (Å²) < 4.78 is 0. The van der Waals surface area contributed by atoms with Crippen LogP contribution in [0, 0.1) is 5.92 Å². The highest BCUT2D eigenvalue weighted by Crippen LogP contribution is 2.27. The molecule has 0 aromatic carbocycles. The van der Waals surface area contributed by atoms with Gasteiger partial charge in [0.25, 0.3) is 0 Å². The predicted molar refractivity (Wildman–Crippen MR) is 113 cm³/mol. The Balaban J connectivity index is 1.72. The molecule has 156 valence electrons. The van der Waals surface area contributed by atoms with Gasteiger partial charge in [0, 0.05) is 38.1 Å². The van der Waals surface area contributed by atoms with Crippen LogP contribution in [0.1, 0.15) is 65.7 Å². The van der Waals surface area contributed by atoms with Crippen LogP contribution < -0.4 is 10.6 Å². The summed E-state index contributed by atoms with van der Waals surface area (Å²) in [6.45, 7) is 13.4. The van der Waals surface area contributed by atoms with Crippen molar-refractivity contribution in [2.45, 2.75) is 71.8 Å². The van der Waals surface area contributed by atoms with Gasteiger partial charge in [-0.2, -0.15) is 0 Å². The molecule has 6 heteroatoms. The lowest BCUT2D eigenvalue weighted by Crippen LogP contribution is -2.45. The molecule has 0 spiro atoms. The highest BCUT2D eigenvalue weighted by Gasteiger charge is 2.32. The first-order chi connectivity index (χ1) is 13.2. The van der Waals surface area contributed by atoms with Crippen molar-refractivity contribution in [2.24, 2.45) is 10.9 Å². The Kier molecular flexibility index (Phi) is 9.95. The average molecular weight is 380 g/mol. The molecule has 1 unspecified atom stereocenters. The second-order valence-electron chi connectivity index (χ2n) is 7.89. The quantitative estimate of drug-likeness (QED) is 0.348. The van der Waals surface area contributed by atoms with E-state index in [1.165, 1.54) is 19.3 Å². The van der Waals surface area contributed by atoms with Crippen LogP contribution in [0.5, 0.6) is 0 Å². The molecule has 0 bridgehead atoms. The molecule has 0 aromatic rings. The van der Waals surface area contributed by atoms with Crippen LogP contribution in [0.3, 0.4) is 0 Å². The van der Waals surface area contributed by atoms with Crippen molar-refractivity contribution < 1.29 is 4.79 Å². The summed E-state index contributed by atoms with van der Waals surface area (Å²) in [5, 5.41) is 6.90. The highest BCUT2D eigenvalue weighted by molar-refractivity contribution is 5.81. The lowest BCUT2D eigenvalue weighted by atomic mass is 10.1. The van der Waals surface area contributed by atoms with E-state index in [2.05, 4.69) is 41.2 Å². The van der Waals surface area contributed by atoms with Crippen molar-refractivity contribution in [3.8, 4) is 0 Å². The second-order valence-corrected chi connectivity index (χ2v) is 7.89. The molecule has 1 saturated heterocycles. The van der Waals surface area contributed by atoms with Crippen LogP contribution in [-0.2, 0) is 4.79 Å². The number of unbranched alkanes of at least 4 members (excludes halogenated alkanes) is 1. The van der Waals surface area contributed by atoms with E-state index in [9.17, 15) is 4.79 Å². The number of carbonyl (C=O) groups is 1. The summed E-state index contributed by atoms with van der Waals surface area (Å²) in [5.74, 6) is 1.58. The van der Waals surface area contributed by atoms with Crippen LogP contribution in [0.15, 0.2) is 4.99 Å². The normalized spacial score (nSPS) is 21.3. The fraction of sp³-hybridized carbons (Fsp3) is 0.905. The topological polar surface area (TPSA) is 60.0 Å². The minimum absolute atomic E-state index is 0.288. The smallest absolute Gasteiger partial charge is 0.225 e. The summed E-state index contributed by atoms with van der Waals surface area (Å²) >= 11 is 0. The van der Waals surface area contributed by atoms with E-state index in [1.54, 1.807) is 0 Å². The summed E-state index contributed by atoms with van der Waals surface area (Å²) in [6, 6.07) is 0.323. The van der Waals surface area contributed by atoms with Crippen molar-refractivity contribution in [2.75, 3.05) is 45.8 Å². The number of amides is 1. The van der Waals surface area contributed by atoms with Gasteiger partial charge in [0.1, 0.15) is 0 Å². The Labute approximate surface area is 166 Å². The van der Waals surface area contributed by atoms with Gasteiger partial charge in [-0.3, -0.25) is 9.79 Å². The molecule has 1 heterocycles. The molecule has 2 aliphatic rings. The summed E-state index contributed by atoms with van der Waals surface area (Å²) in [7, 11) is 0. The molecule has 1 atom stereocenters. The van der Waals surface area contributed by atoms with Gasteiger partial charge in [-0.15, -0.1) is 0 Å². The SMILES string of the molecule is CCNC(=NCCCCN(CC)CC)NC1CCN(C(=O)C2CCCC2)C1. The van der Waals surface area contributed by atoms with Crippen molar-refractivity contribution in [1.29, 1.82) is 0 Å². The Bertz CT molecular complexity index is 457. The lowest BCUT2D eigenvalue weighted by Gasteiger charge is -2.21. The van der Waals surface area contributed by atoms with Crippen molar-refractivity contribution >= 4 is 11.9 Å². The van der Waals surface area contributed by atoms with Gasteiger partial charge < -0.3 is 20.4 Å². The van der Waals surface area contributed by atoms with E-state index in [-0.39, 0.29) is 5.92 Å². The first kappa shape index (κ1) is 22.0. The monoisotopic (exact) mass is 379 g/mol. The van der Waals surface area contributed by atoms with E-state index >= 15 is 0 Å². The van der Waals surface area contributed by atoms with Crippen molar-refractivity contribution in [3.05, 3.63) is 0 Å². The molecular formula is C21H41N5O. The van der Waals surface area contributed by atoms with E-state index in [0.29, 0.717) is 11.9 Å². The van der Waals surface area contributed by atoms with Gasteiger partial charge in [-0.05, 0) is 58.7 Å². The molecule has 1 saturated carbocycles. The Hall–Kier alpha value is -1.30. The third-order valence-electron chi connectivity index (χ3n) is 5.94. The maximum absolute atomic E-state index is 12.6. The minimum atomic E-state index is 0.288. The third kappa shape index (κ3) is 7.32. The zero-order chi connectivity index (χ0) is 19.5. The maximum atomic E-state index is 12.6. The van der Waals surface area contributed by atoms with Crippen LogP contribution in [0.2, 0.25) is 0 Å². The summed E-state index contributed by atoms with van der Waals surface area (Å²) in [5.41, 5.74) is 0. The predicted octanol–water partition coefficient (Wildman–Crippen LogP) is 2.45. The lowest BCUT2D eigenvalue weighted by molar-refractivity contribution is -0.134. The average Bonchev–Trinajstić information content (AvgIpc) is 3.36. The Morgan fingerprint density at radius 1 is 1.11 bits per heavy atom. The number of likely N-dealkylation sites (tertiary alicyclic amines) is 1. The zero-order valence-corrected chi connectivity index (χ0v) is 17.8. The number of hydrogen-bond acceptors (Lipinski definition) is 3. The number of rotatable bonds is 10. The van der Waals surface area contributed by atoms with Gasteiger partial charge in [-0.1, -0.05) is 26.7 Å². The molecule has 0 aromatic heterocycles. The molecule has 0 radical (unpaired) electrons. The highest BCUT2D eigenvalue weighted by atomic mass is 16.2. The molecule has 2 N–H and O–H groups in total. The Morgan fingerprint density at radius 3 is 2.52 bits per heavy atom. The fourth-order valence-corrected chi connectivity index (χ4v) is 4.20. The fourth-order valence-electron chi connectivity index (χ4n) is 4.20. The van der Waals surface area contributed by atoms with E-state index < -0.39 is 0 Å². The zero-order valence-electron chi connectivity index (χ0n) is 17.8. The van der Waals surface area contributed by atoms with E-state index in [4.69, 9.17) is 4.99 Å². The summed E-state index contributed by atoms with van der Waals surface area (Å²) in [6.07, 6.45) is 7.94. The van der Waals surface area contributed by atoms with Gasteiger partial charge in [0.15, 0.2) is 5.96 Å². The number of carbonyl (C=O) groups excluding carboxylic acids is 1. The number of guanidine groups is 1. The minimum Gasteiger partial charge on any atom is -0.357 e. The molecule has 1 amide bonds. The second kappa shape index (κ2) is 12.2. The van der Waals surface area contributed by atoms with Crippen LogP contribution in [0.25, 0.3) is 0 Å². The van der Waals surface area contributed by atoms with Crippen molar-refractivity contribution in [3.63, 3.8) is 0 Å². The Morgan fingerprint density at radius 2 is 1.85 bits per heavy atom. The van der Waals surface area contributed by atoms with Gasteiger partial charge in [-0.25, -0.2) is 0 Å².